The first kappa shape index (κ1) is 8.32. The monoisotopic (exact) mass is 148 g/mol. The average molecular weight is 148 g/mol. The molecule has 0 fully saturated rings. The SMILES string of the molecule is C=CC1=CCC(=C(C)C)CC1. The summed E-state index contributed by atoms with van der Waals surface area (Å²) in [5.74, 6) is 0. The molecule has 0 saturated heterocycles. The minimum Gasteiger partial charge on any atom is -0.0988 e. The van der Waals surface area contributed by atoms with Crippen molar-refractivity contribution in [1.82, 2.24) is 0 Å². The van der Waals surface area contributed by atoms with Crippen LogP contribution in [0.5, 0.6) is 0 Å². The van der Waals surface area contributed by atoms with Crippen molar-refractivity contribution in [3.8, 4) is 0 Å². The van der Waals surface area contributed by atoms with Crippen LogP contribution in [0.1, 0.15) is 33.1 Å². The van der Waals surface area contributed by atoms with E-state index in [4.69, 9.17) is 0 Å². The van der Waals surface area contributed by atoms with Gasteiger partial charge in [-0.15, -0.1) is 0 Å². The molecule has 0 aromatic heterocycles. The van der Waals surface area contributed by atoms with Gasteiger partial charge in [-0.2, -0.15) is 0 Å². The van der Waals surface area contributed by atoms with Crippen molar-refractivity contribution in [3.63, 3.8) is 0 Å². The maximum Gasteiger partial charge on any atom is -0.0130 e. The Morgan fingerprint density at radius 2 is 2.18 bits per heavy atom. The molecular weight excluding hydrogens is 132 g/mol. The van der Waals surface area contributed by atoms with Crippen LogP contribution in [0, 0.1) is 0 Å². The van der Waals surface area contributed by atoms with Crippen LogP contribution in [-0.2, 0) is 0 Å². The summed E-state index contributed by atoms with van der Waals surface area (Å²) < 4.78 is 0. The van der Waals surface area contributed by atoms with Gasteiger partial charge in [0.25, 0.3) is 0 Å². The van der Waals surface area contributed by atoms with Crippen molar-refractivity contribution in [2.24, 2.45) is 0 Å². The Morgan fingerprint density at radius 1 is 1.45 bits per heavy atom. The second-order valence-corrected chi connectivity index (χ2v) is 3.29. The fourth-order valence-corrected chi connectivity index (χ4v) is 1.39. The topological polar surface area (TPSA) is 0 Å². The van der Waals surface area contributed by atoms with Gasteiger partial charge in [0, 0.05) is 0 Å². The minimum atomic E-state index is 1.14. The number of allylic oxidation sites excluding steroid dienone is 5. The number of rotatable bonds is 1. The van der Waals surface area contributed by atoms with E-state index < -0.39 is 0 Å². The predicted molar refractivity (Wildman–Crippen MR) is 50.5 cm³/mol. The Bertz CT molecular complexity index is 212. The molecule has 0 aromatic rings. The standard InChI is InChI=1S/C11H16/c1-4-10-5-7-11(8-6-10)9(2)3/h4-5H,1,6-8H2,2-3H3. The van der Waals surface area contributed by atoms with Crippen molar-refractivity contribution in [3.05, 3.63) is 35.5 Å². The molecule has 0 nitrogen and oxygen atoms in total. The van der Waals surface area contributed by atoms with Crippen LogP contribution in [0.3, 0.4) is 0 Å². The molecule has 1 rings (SSSR count). The van der Waals surface area contributed by atoms with E-state index in [1.54, 1.807) is 5.57 Å². The number of hydrogen-bond acceptors (Lipinski definition) is 0. The molecule has 0 unspecified atom stereocenters. The summed E-state index contributed by atoms with van der Waals surface area (Å²) in [6.07, 6.45) is 7.83. The highest BCUT2D eigenvalue weighted by Crippen LogP contribution is 2.25. The molecule has 1 aliphatic carbocycles. The summed E-state index contributed by atoms with van der Waals surface area (Å²) in [7, 11) is 0. The maximum atomic E-state index is 3.77. The van der Waals surface area contributed by atoms with Crippen LogP contribution < -0.4 is 0 Å². The molecule has 0 bridgehead atoms. The molecule has 0 heteroatoms. The Morgan fingerprint density at radius 3 is 2.55 bits per heavy atom. The van der Waals surface area contributed by atoms with Gasteiger partial charge in [0.05, 0.1) is 0 Å². The lowest BCUT2D eigenvalue weighted by molar-refractivity contribution is 0.851. The third-order valence-electron chi connectivity index (χ3n) is 2.30. The third kappa shape index (κ3) is 2.07. The third-order valence-corrected chi connectivity index (χ3v) is 2.30. The van der Waals surface area contributed by atoms with Gasteiger partial charge in [0.2, 0.25) is 0 Å². The van der Waals surface area contributed by atoms with Crippen LogP contribution in [-0.4, -0.2) is 0 Å². The molecule has 0 saturated carbocycles. The van der Waals surface area contributed by atoms with E-state index in [1.165, 1.54) is 24.0 Å². The largest absolute Gasteiger partial charge is 0.0988 e. The van der Waals surface area contributed by atoms with Gasteiger partial charge in [-0.3, -0.25) is 0 Å². The second-order valence-electron chi connectivity index (χ2n) is 3.29. The molecule has 11 heavy (non-hydrogen) atoms. The molecule has 0 atom stereocenters. The lowest BCUT2D eigenvalue weighted by Crippen LogP contribution is -1.94. The van der Waals surface area contributed by atoms with Crippen molar-refractivity contribution in [2.75, 3.05) is 0 Å². The number of hydrogen-bond donors (Lipinski definition) is 0. The van der Waals surface area contributed by atoms with Gasteiger partial charge >= 0.3 is 0 Å². The van der Waals surface area contributed by atoms with Crippen LogP contribution in [0.25, 0.3) is 0 Å². The van der Waals surface area contributed by atoms with E-state index in [9.17, 15) is 0 Å². The molecule has 1 aliphatic rings. The van der Waals surface area contributed by atoms with Crippen molar-refractivity contribution in [1.29, 1.82) is 0 Å². The van der Waals surface area contributed by atoms with Gasteiger partial charge in [-0.05, 0) is 33.1 Å². The fraction of sp³-hybridized carbons (Fsp3) is 0.455. The van der Waals surface area contributed by atoms with Gasteiger partial charge < -0.3 is 0 Å². The lowest BCUT2D eigenvalue weighted by atomic mass is 9.92. The van der Waals surface area contributed by atoms with Gasteiger partial charge in [0.15, 0.2) is 0 Å². The molecule has 0 aromatic carbocycles. The molecule has 0 amide bonds. The van der Waals surface area contributed by atoms with E-state index >= 15 is 0 Å². The summed E-state index contributed by atoms with van der Waals surface area (Å²) in [4.78, 5) is 0. The zero-order valence-electron chi connectivity index (χ0n) is 7.48. The normalized spacial score (nSPS) is 17.6. The van der Waals surface area contributed by atoms with Crippen molar-refractivity contribution in [2.45, 2.75) is 33.1 Å². The first-order valence-corrected chi connectivity index (χ1v) is 4.20. The van der Waals surface area contributed by atoms with Crippen LogP contribution in [0.2, 0.25) is 0 Å². The summed E-state index contributed by atoms with van der Waals surface area (Å²) in [5, 5.41) is 0. The average Bonchev–Trinajstić information content (AvgIpc) is 2.05. The Kier molecular flexibility index (Phi) is 2.70. The molecule has 0 heterocycles. The molecule has 60 valence electrons. The quantitative estimate of drug-likeness (QED) is 0.498. The highest BCUT2D eigenvalue weighted by atomic mass is 14.1. The smallest absolute Gasteiger partial charge is 0.0130 e. The predicted octanol–water partition coefficient (Wildman–Crippen LogP) is 3.62. The van der Waals surface area contributed by atoms with Gasteiger partial charge in [0.1, 0.15) is 0 Å². The summed E-state index contributed by atoms with van der Waals surface area (Å²) in [5.41, 5.74) is 4.51. The first-order chi connectivity index (χ1) is 5.24. The Balaban J connectivity index is 2.69. The van der Waals surface area contributed by atoms with Crippen LogP contribution >= 0.6 is 0 Å². The van der Waals surface area contributed by atoms with E-state index in [0.29, 0.717) is 0 Å². The first-order valence-electron chi connectivity index (χ1n) is 4.20. The molecular formula is C11H16. The molecule has 0 aliphatic heterocycles. The van der Waals surface area contributed by atoms with Crippen LogP contribution in [0.15, 0.2) is 35.5 Å². The van der Waals surface area contributed by atoms with Crippen molar-refractivity contribution < 1.29 is 0 Å². The Hall–Kier alpha value is -0.780. The molecule has 0 N–H and O–H groups in total. The highest BCUT2D eigenvalue weighted by molar-refractivity contribution is 5.27. The molecule has 0 radical (unpaired) electrons. The van der Waals surface area contributed by atoms with Gasteiger partial charge in [-0.1, -0.05) is 35.5 Å². The van der Waals surface area contributed by atoms with Crippen molar-refractivity contribution >= 4 is 0 Å². The van der Waals surface area contributed by atoms with Crippen LogP contribution in [0.4, 0.5) is 0 Å². The van der Waals surface area contributed by atoms with E-state index in [2.05, 4.69) is 26.5 Å². The van der Waals surface area contributed by atoms with E-state index in [-0.39, 0.29) is 0 Å². The lowest BCUT2D eigenvalue weighted by Gasteiger charge is -2.14. The fourth-order valence-electron chi connectivity index (χ4n) is 1.39. The molecule has 0 spiro atoms. The second kappa shape index (κ2) is 3.56. The summed E-state index contributed by atoms with van der Waals surface area (Å²) in [6.45, 7) is 8.16. The maximum absolute atomic E-state index is 3.77. The zero-order chi connectivity index (χ0) is 8.27. The highest BCUT2D eigenvalue weighted by Gasteiger charge is 2.05. The summed E-state index contributed by atoms with van der Waals surface area (Å²) in [6, 6.07) is 0. The summed E-state index contributed by atoms with van der Waals surface area (Å²) >= 11 is 0. The van der Waals surface area contributed by atoms with E-state index in [0.717, 1.165) is 6.42 Å². The van der Waals surface area contributed by atoms with Gasteiger partial charge in [-0.25, -0.2) is 0 Å². The van der Waals surface area contributed by atoms with E-state index in [1.807, 2.05) is 6.08 Å². The minimum absolute atomic E-state index is 1.14. The zero-order valence-corrected chi connectivity index (χ0v) is 7.48. The Labute approximate surface area is 69.3 Å².